The second kappa shape index (κ2) is 9.18. The van der Waals surface area contributed by atoms with Crippen molar-refractivity contribution < 1.29 is 4.42 Å². The van der Waals surface area contributed by atoms with Gasteiger partial charge in [-0.05, 0) is 31.9 Å². The van der Waals surface area contributed by atoms with Crippen LogP contribution in [-0.4, -0.2) is 32.8 Å². The average Bonchev–Trinajstić information content (AvgIpc) is 3.32. The molecule has 0 saturated heterocycles. The van der Waals surface area contributed by atoms with E-state index in [1.807, 2.05) is 41.9 Å². The normalized spacial score (nSPS) is 16.2. The summed E-state index contributed by atoms with van der Waals surface area (Å²) in [5.41, 5.74) is 1.78. The lowest BCUT2D eigenvalue weighted by atomic mass is 10.1. The highest BCUT2D eigenvalue weighted by atomic mass is 127. The van der Waals surface area contributed by atoms with E-state index in [9.17, 15) is 0 Å². The molecule has 1 aliphatic heterocycles. The summed E-state index contributed by atoms with van der Waals surface area (Å²) in [5.74, 6) is 3.09. The van der Waals surface area contributed by atoms with Crippen molar-refractivity contribution in [3.05, 3.63) is 53.9 Å². The molecule has 0 fully saturated rings. The Morgan fingerprint density at radius 3 is 2.89 bits per heavy atom. The summed E-state index contributed by atoms with van der Waals surface area (Å²) >= 11 is 0. The number of guanidine groups is 1. The van der Waals surface area contributed by atoms with Gasteiger partial charge in [0.05, 0.1) is 18.3 Å². The zero-order chi connectivity index (χ0) is 18.6. The molecule has 2 aromatic heterocycles. The van der Waals surface area contributed by atoms with E-state index >= 15 is 0 Å². The molecular formula is C19H24IN7O. The summed E-state index contributed by atoms with van der Waals surface area (Å²) in [4.78, 5) is 13.4. The zero-order valence-electron chi connectivity index (χ0n) is 15.9. The van der Waals surface area contributed by atoms with E-state index in [0.29, 0.717) is 18.4 Å². The average molecular weight is 493 g/mol. The molecule has 0 bridgehead atoms. The molecule has 4 rings (SSSR count). The molecule has 3 heterocycles. The van der Waals surface area contributed by atoms with Crippen molar-refractivity contribution in [1.29, 1.82) is 0 Å². The molecule has 0 spiro atoms. The van der Waals surface area contributed by atoms with E-state index in [1.54, 1.807) is 13.3 Å². The van der Waals surface area contributed by atoms with Crippen LogP contribution in [0.3, 0.4) is 0 Å². The van der Waals surface area contributed by atoms with E-state index in [4.69, 9.17) is 4.42 Å². The number of aromatic nitrogens is 4. The van der Waals surface area contributed by atoms with Crippen LogP contribution in [0.2, 0.25) is 0 Å². The Hall–Kier alpha value is -2.43. The van der Waals surface area contributed by atoms with Gasteiger partial charge in [-0.3, -0.25) is 4.99 Å². The summed E-state index contributed by atoms with van der Waals surface area (Å²) in [6, 6.07) is 9.96. The number of halogens is 1. The minimum atomic E-state index is 0. The Labute approximate surface area is 180 Å². The van der Waals surface area contributed by atoms with Gasteiger partial charge in [-0.1, -0.05) is 18.2 Å². The van der Waals surface area contributed by atoms with Gasteiger partial charge in [0.25, 0.3) is 0 Å². The van der Waals surface area contributed by atoms with Crippen molar-refractivity contribution in [1.82, 2.24) is 30.4 Å². The molecule has 1 unspecified atom stereocenters. The van der Waals surface area contributed by atoms with E-state index in [1.165, 1.54) is 0 Å². The van der Waals surface area contributed by atoms with Crippen LogP contribution in [0, 0.1) is 6.92 Å². The lowest BCUT2D eigenvalue weighted by molar-refractivity contribution is 0.397. The number of aliphatic imine (C=N–C) groups is 1. The Kier molecular flexibility index (Phi) is 6.65. The van der Waals surface area contributed by atoms with Gasteiger partial charge < -0.3 is 15.1 Å². The maximum Gasteiger partial charge on any atom is 0.226 e. The second-order valence-corrected chi connectivity index (χ2v) is 6.52. The minimum absolute atomic E-state index is 0. The van der Waals surface area contributed by atoms with Crippen molar-refractivity contribution in [2.45, 2.75) is 38.9 Å². The zero-order valence-corrected chi connectivity index (χ0v) is 18.3. The molecule has 1 aromatic carbocycles. The highest BCUT2D eigenvalue weighted by molar-refractivity contribution is 14.0. The molecular weight excluding hydrogens is 469 g/mol. The first kappa shape index (κ1) is 20.3. The third kappa shape index (κ3) is 4.51. The maximum atomic E-state index is 5.58. The van der Waals surface area contributed by atoms with Crippen LogP contribution in [-0.2, 0) is 13.1 Å². The van der Waals surface area contributed by atoms with E-state index < -0.39 is 0 Å². The summed E-state index contributed by atoms with van der Waals surface area (Å²) in [7, 11) is 1.76. The molecule has 0 amide bonds. The quantitative estimate of drug-likeness (QED) is 0.330. The van der Waals surface area contributed by atoms with Gasteiger partial charge in [0.1, 0.15) is 17.9 Å². The number of nitrogens with zero attached hydrogens (tertiary/aromatic N) is 5. The van der Waals surface area contributed by atoms with Crippen LogP contribution in [0.25, 0.3) is 11.5 Å². The first-order chi connectivity index (χ1) is 13.2. The maximum absolute atomic E-state index is 5.58. The lowest BCUT2D eigenvalue weighted by Gasteiger charge is -2.24. The van der Waals surface area contributed by atoms with Crippen LogP contribution in [0.15, 0.2) is 46.0 Å². The summed E-state index contributed by atoms with van der Waals surface area (Å²) < 4.78 is 7.56. The number of aryl methyl sites for hydroxylation is 2. The van der Waals surface area contributed by atoms with Gasteiger partial charge in [0.15, 0.2) is 5.96 Å². The largest absolute Gasteiger partial charge is 0.444 e. The lowest BCUT2D eigenvalue weighted by Crippen LogP contribution is -2.41. The fourth-order valence-corrected chi connectivity index (χ4v) is 3.24. The SMILES string of the molecule is CN=C(NCc1coc(-c2ccccc2)n1)NC1CCCn2nc(C)nc21.I. The topological polar surface area (TPSA) is 93.2 Å². The molecule has 0 radical (unpaired) electrons. The van der Waals surface area contributed by atoms with Crippen molar-refractivity contribution >= 4 is 29.9 Å². The van der Waals surface area contributed by atoms with Gasteiger partial charge >= 0.3 is 0 Å². The first-order valence-corrected chi connectivity index (χ1v) is 9.11. The molecule has 8 nitrogen and oxygen atoms in total. The molecule has 0 saturated carbocycles. The van der Waals surface area contributed by atoms with E-state index in [0.717, 1.165) is 42.3 Å². The van der Waals surface area contributed by atoms with E-state index in [-0.39, 0.29) is 30.0 Å². The Morgan fingerprint density at radius 2 is 2.11 bits per heavy atom. The van der Waals surface area contributed by atoms with Crippen molar-refractivity contribution in [3.63, 3.8) is 0 Å². The second-order valence-electron chi connectivity index (χ2n) is 6.52. The van der Waals surface area contributed by atoms with Gasteiger partial charge in [0.2, 0.25) is 5.89 Å². The fourth-order valence-electron chi connectivity index (χ4n) is 3.24. The standard InChI is InChI=1S/C19H23N7O.HI/c1-13-22-17-16(9-6-10-26(17)25-13)24-19(20-2)21-11-15-12-27-18(23-15)14-7-4-3-5-8-14;/h3-5,7-8,12,16H,6,9-11H2,1-2H3,(H2,20,21,24);1H. The summed E-state index contributed by atoms with van der Waals surface area (Å²) in [5, 5.41) is 11.2. The number of benzene rings is 1. The van der Waals surface area contributed by atoms with Crippen molar-refractivity contribution in [2.24, 2.45) is 4.99 Å². The molecule has 2 N–H and O–H groups in total. The van der Waals surface area contributed by atoms with Gasteiger partial charge in [0, 0.05) is 19.2 Å². The molecule has 9 heteroatoms. The smallest absolute Gasteiger partial charge is 0.226 e. The van der Waals surface area contributed by atoms with Crippen LogP contribution < -0.4 is 10.6 Å². The predicted octanol–water partition coefficient (Wildman–Crippen LogP) is 3.06. The van der Waals surface area contributed by atoms with Gasteiger partial charge in [-0.15, -0.1) is 24.0 Å². The molecule has 28 heavy (non-hydrogen) atoms. The number of hydrogen-bond acceptors (Lipinski definition) is 5. The Morgan fingerprint density at radius 1 is 1.29 bits per heavy atom. The van der Waals surface area contributed by atoms with Crippen LogP contribution in [0.1, 0.15) is 36.2 Å². The summed E-state index contributed by atoms with van der Waals surface area (Å²) in [6.07, 6.45) is 3.73. The van der Waals surface area contributed by atoms with Crippen LogP contribution in [0.5, 0.6) is 0 Å². The number of oxazole rings is 1. The predicted molar refractivity (Wildman–Crippen MR) is 117 cm³/mol. The van der Waals surface area contributed by atoms with Gasteiger partial charge in [-0.2, -0.15) is 5.10 Å². The molecule has 0 aliphatic carbocycles. The first-order valence-electron chi connectivity index (χ1n) is 9.11. The van der Waals surface area contributed by atoms with Crippen LogP contribution in [0.4, 0.5) is 0 Å². The summed E-state index contributed by atoms with van der Waals surface area (Å²) in [6.45, 7) is 3.36. The monoisotopic (exact) mass is 493 g/mol. The van der Waals surface area contributed by atoms with Crippen molar-refractivity contribution in [2.75, 3.05) is 7.05 Å². The highest BCUT2D eigenvalue weighted by Crippen LogP contribution is 2.23. The third-order valence-electron chi connectivity index (χ3n) is 4.52. The van der Waals surface area contributed by atoms with Crippen molar-refractivity contribution in [3.8, 4) is 11.5 Å². The Bertz CT molecular complexity index is 935. The molecule has 148 valence electrons. The number of nitrogens with one attached hydrogen (secondary N) is 2. The number of hydrogen-bond donors (Lipinski definition) is 2. The third-order valence-corrected chi connectivity index (χ3v) is 4.52. The highest BCUT2D eigenvalue weighted by Gasteiger charge is 2.24. The van der Waals surface area contributed by atoms with Crippen LogP contribution >= 0.6 is 24.0 Å². The molecule has 1 atom stereocenters. The van der Waals surface area contributed by atoms with E-state index in [2.05, 4.69) is 30.7 Å². The molecule has 3 aromatic rings. The Balaban J connectivity index is 0.00000225. The van der Waals surface area contributed by atoms with Gasteiger partial charge in [-0.25, -0.2) is 14.6 Å². The number of fused-ring (bicyclic) bond motifs is 1. The molecule has 1 aliphatic rings. The number of rotatable bonds is 4. The minimum Gasteiger partial charge on any atom is -0.444 e. The fraction of sp³-hybridized carbons (Fsp3) is 0.368.